The van der Waals surface area contributed by atoms with Crippen LogP contribution in [0.5, 0.6) is 0 Å². The van der Waals surface area contributed by atoms with Crippen molar-refractivity contribution in [3.05, 3.63) is 29.8 Å². The molecule has 0 saturated carbocycles. The number of para-hydroxylation sites is 1. The van der Waals surface area contributed by atoms with Gasteiger partial charge in [0.2, 0.25) is 0 Å². The minimum absolute atomic E-state index is 0.337. The summed E-state index contributed by atoms with van der Waals surface area (Å²) in [6.45, 7) is 5.10. The summed E-state index contributed by atoms with van der Waals surface area (Å²) in [5.41, 5.74) is 2.97. The maximum Gasteiger partial charge on any atom is 0.0431 e. The zero-order valence-electron chi connectivity index (χ0n) is 13.0. The first-order chi connectivity index (χ1) is 10.4. The van der Waals surface area contributed by atoms with Gasteiger partial charge in [-0.15, -0.1) is 0 Å². The molecule has 2 heterocycles. The Kier molecular flexibility index (Phi) is 5.15. The van der Waals surface area contributed by atoms with E-state index in [-0.39, 0.29) is 0 Å². The first-order valence-electron chi connectivity index (χ1n) is 8.56. The average Bonchev–Trinajstić information content (AvgIpc) is 2.98. The molecule has 1 unspecified atom stereocenters. The van der Waals surface area contributed by atoms with Crippen molar-refractivity contribution in [2.24, 2.45) is 0 Å². The van der Waals surface area contributed by atoms with Crippen LogP contribution >= 0.6 is 0 Å². The largest absolute Gasteiger partial charge is 0.396 e. The van der Waals surface area contributed by atoms with E-state index < -0.39 is 0 Å². The standard InChI is InChI=1S/C18H28N2O/c21-15-5-9-17-8-4-11-19(17)13-14-20-12-3-7-16-6-1-2-10-18(16)20/h1-2,6,10,17,21H,3-5,7-9,11-15H2. The van der Waals surface area contributed by atoms with Crippen LogP contribution in [0.25, 0.3) is 0 Å². The zero-order valence-corrected chi connectivity index (χ0v) is 13.0. The highest BCUT2D eigenvalue weighted by Crippen LogP contribution is 2.27. The van der Waals surface area contributed by atoms with E-state index in [1.165, 1.54) is 56.6 Å². The Morgan fingerprint density at radius 2 is 2.00 bits per heavy atom. The lowest BCUT2D eigenvalue weighted by molar-refractivity contribution is 0.219. The van der Waals surface area contributed by atoms with E-state index in [1.807, 2.05) is 0 Å². The van der Waals surface area contributed by atoms with E-state index >= 15 is 0 Å². The normalized spacial score (nSPS) is 22.5. The SMILES string of the molecule is OCCCC1CCCN1CCN1CCCc2ccccc21. The molecule has 0 aromatic heterocycles. The molecule has 1 aromatic rings. The Balaban J connectivity index is 1.56. The van der Waals surface area contributed by atoms with Crippen molar-refractivity contribution in [1.29, 1.82) is 0 Å². The molecule has 0 bridgehead atoms. The van der Waals surface area contributed by atoms with Gasteiger partial charge in [-0.05, 0) is 56.7 Å². The summed E-state index contributed by atoms with van der Waals surface area (Å²) < 4.78 is 0. The van der Waals surface area contributed by atoms with Crippen LogP contribution in [0.2, 0.25) is 0 Å². The molecule has 0 amide bonds. The molecule has 2 aliphatic heterocycles. The summed E-state index contributed by atoms with van der Waals surface area (Å²) >= 11 is 0. The number of aliphatic hydroxyl groups excluding tert-OH is 1. The van der Waals surface area contributed by atoms with Crippen LogP contribution in [0, 0.1) is 0 Å². The van der Waals surface area contributed by atoms with Gasteiger partial charge in [-0.25, -0.2) is 0 Å². The summed E-state index contributed by atoms with van der Waals surface area (Å²) in [6, 6.07) is 9.59. The number of fused-ring (bicyclic) bond motifs is 1. The molecular formula is C18H28N2O. The van der Waals surface area contributed by atoms with Crippen LogP contribution in [0.15, 0.2) is 24.3 Å². The molecule has 2 aliphatic rings. The maximum atomic E-state index is 9.03. The molecule has 3 nitrogen and oxygen atoms in total. The van der Waals surface area contributed by atoms with Crippen LogP contribution in [0.1, 0.15) is 37.7 Å². The summed E-state index contributed by atoms with van der Waals surface area (Å²) in [7, 11) is 0. The molecule has 1 atom stereocenters. The van der Waals surface area contributed by atoms with Crippen molar-refractivity contribution in [3.8, 4) is 0 Å². The molecule has 0 radical (unpaired) electrons. The minimum Gasteiger partial charge on any atom is -0.396 e. The third-order valence-electron chi connectivity index (χ3n) is 5.06. The number of aryl methyl sites for hydroxylation is 1. The fraction of sp³-hybridized carbons (Fsp3) is 0.667. The molecule has 1 saturated heterocycles. The topological polar surface area (TPSA) is 26.7 Å². The molecule has 3 rings (SSSR count). The quantitative estimate of drug-likeness (QED) is 0.872. The van der Waals surface area contributed by atoms with E-state index in [0.29, 0.717) is 12.6 Å². The molecule has 1 aromatic carbocycles. The molecule has 21 heavy (non-hydrogen) atoms. The number of hydrogen-bond donors (Lipinski definition) is 1. The van der Waals surface area contributed by atoms with Gasteiger partial charge >= 0.3 is 0 Å². The monoisotopic (exact) mass is 288 g/mol. The molecule has 0 spiro atoms. The lowest BCUT2D eigenvalue weighted by Crippen LogP contribution is -2.39. The van der Waals surface area contributed by atoms with Gasteiger partial charge in [0.1, 0.15) is 0 Å². The van der Waals surface area contributed by atoms with Gasteiger partial charge in [-0.2, -0.15) is 0 Å². The Hall–Kier alpha value is -1.06. The first-order valence-corrected chi connectivity index (χ1v) is 8.56. The number of nitrogens with zero attached hydrogens (tertiary/aromatic N) is 2. The van der Waals surface area contributed by atoms with Gasteiger partial charge in [-0.1, -0.05) is 18.2 Å². The van der Waals surface area contributed by atoms with Gasteiger partial charge in [0.15, 0.2) is 0 Å². The summed E-state index contributed by atoms with van der Waals surface area (Å²) in [6.07, 6.45) is 7.27. The van der Waals surface area contributed by atoms with E-state index in [2.05, 4.69) is 34.1 Å². The number of likely N-dealkylation sites (tertiary alicyclic amines) is 1. The Morgan fingerprint density at radius 3 is 2.90 bits per heavy atom. The highest BCUT2D eigenvalue weighted by Gasteiger charge is 2.25. The van der Waals surface area contributed by atoms with Crippen molar-refractivity contribution in [3.63, 3.8) is 0 Å². The lowest BCUT2D eigenvalue weighted by Gasteiger charge is -2.34. The summed E-state index contributed by atoms with van der Waals surface area (Å²) in [5, 5.41) is 9.03. The Bertz CT molecular complexity index is 449. The molecule has 116 valence electrons. The van der Waals surface area contributed by atoms with Gasteiger partial charge in [0.05, 0.1) is 0 Å². The lowest BCUT2D eigenvalue weighted by atomic mass is 10.0. The van der Waals surface area contributed by atoms with Gasteiger partial charge in [0.25, 0.3) is 0 Å². The van der Waals surface area contributed by atoms with E-state index in [0.717, 1.165) is 19.4 Å². The second-order valence-corrected chi connectivity index (χ2v) is 6.42. The molecule has 1 N–H and O–H groups in total. The number of benzene rings is 1. The Morgan fingerprint density at radius 1 is 1.10 bits per heavy atom. The summed E-state index contributed by atoms with van der Waals surface area (Å²) in [5.74, 6) is 0. The molecular weight excluding hydrogens is 260 g/mol. The molecule has 3 heteroatoms. The van der Waals surface area contributed by atoms with Crippen LogP contribution < -0.4 is 4.90 Å². The summed E-state index contributed by atoms with van der Waals surface area (Å²) in [4.78, 5) is 5.22. The predicted octanol–water partition coefficient (Wildman–Crippen LogP) is 2.68. The third-order valence-corrected chi connectivity index (χ3v) is 5.06. The molecule has 1 fully saturated rings. The third kappa shape index (κ3) is 3.58. The van der Waals surface area contributed by atoms with Crippen molar-refractivity contribution in [2.75, 3.05) is 37.7 Å². The first kappa shape index (κ1) is 14.9. The van der Waals surface area contributed by atoms with Crippen LogP contribution in [-0.2, 0) is 6.42 Å². The van der Waals surface area contributed by atoms with Crippen LogP contribution in [0.3, 0.4) is 0 Å². The van der Waals surface area contributed by atoms with Crippen molar-refractivity contribution < 1.29 is 5.11 Å². The van der Waals surface area contributed by atoms with Crippen molar-refractivity contribution in [2.45, 2.75) is 44.6 Å². The van der Waals surface area contributed by atoms with Gasteiger partial charge in [-0.3, -0.25) is 4.90 Å². The molecule has 0 aliphatic carbocycles. The fourth-order valence-electron chi connectivity index (χ4n) is 3.94. The highest BCUT2D eigenvalue weighted by molar-refractivity contribution is 5.55. The average molecular weight is 288 g/mol. The number of aliphatic hydroxyl groups is 1. The van der Waals surface area contributed by atoms with Gasteiger partial charge in [0, 0.05) is 38.0 Å². The van der Waals surface area contributed by atoms with Gasteiger partial charge < -0.3 is 10.0 Å². The van der Waals surface area contributed by atoms with E-state index in [4.69, 9.17) is 5.11 Å². The Labute approximate surface area is 128 Å². The predicted molar refractivity (Wildman–Crippen MR) is 87.9 cm³/mol. The second-order valence-electron chi connectivity index (χ2n) is 6.42. The number of hydrogen-bond acceptors (Lipinski definition) is 3. The van der Waals surface area contributed by atoms with Crippen molar-refractivity contribution in [1.82, 2.24) is 4.90 Å². The fourth-order valence-corrected chi connectivity index (χ4v) is 3.94. The van der Waals surface area contributed by atoms with Crippen LogP contribution in [-0.4, -0.2) is 48.8 Å². The highest BCUT2D eigenvalue weighted by atomic mass is 16.2. The van der Waals surface area contributed by atoms with Crippen molar-refractivity contribution >= 4 is 5.69 Å². The van der Waals surface area contributed by atoms with Crippen LogP contribution in [0.4, 0.5) is 5.69 Å². The smallest absolute Gasteiger partial charge is 0.0431 e. The maximum absolute atomic E-state index is 9.03. The number of rotatable bonds is 6. The zero-order chi connectivity index (χ0) is 14.5. The minimum atomic E-state index is 0.337. The number of anilines is 1. The van der Waals surface area contributed by atoms with E-state index in [9.17, 15) is 0 Å². The second kappa shape index (κ2) is 7.28. The van der Waals surface area contributed by atoms with E-state index in [1.54, 1.807) is 0 Å².